The highest BCUT2D eigenvalue weighted by molar-refractivity contribution is 14.1. The predicted molar refractivity (Wildman–Crippen MR) is 96.0 cm³/mol. The second kappa shape index (κ2) is 7.75. The van der Waals surface area contributed by atoms with Gasteiger partial charge in [0, 0.05) is 9.26 Å². The quantitative estimate of drug-likeness (QED) is 0.667. The maximum Gasteiger partial charge on any atom is 0.241 e. The lowest BCUT2D eigenvalue weighted by Crippen LogP contribution is -2.32. The molecule has 0 spiro atoms. The Balaban J connectivity index is 1.95. The topological polar surface area (TPSA) is 84.5 Å². The van der Waals surface area contributed by atoms with E-state index in [1.165, 1.54) is 19.2 Å². The summed E-state index contributed by atoms with van der Waals surface area (Å²) in [6.45, 7) is -0.347. The van der Waals surface area contributed by atoms with Gasteiger partial charge in [-0.3, -0.25) is 4.79 Å². The molecule has 8 heteroatoms. The van der Waals surface area contributed by atoms with Crippen molar-refractivity contribution in [3.05, 3.63) is 52.1 Å². The molecule has 0 unspecified atom stereocenters. The van der Waals surface area contributed by atoms with Crippen LogP contribution < -0.4 is 14.8 Å². The van der Waals surface area contributed by atoms with Crippen molar-refractivity contribution in [2.75, 3.05) is 19.0 Å². The van der Waals surface area contributed by atoms with Gasteiger partial charge in [0.05, 0.1) is 18.6 Å². The van der Waals surface area contributed by atoms with Gasteiger partial charge in [-0.25, -0.2) is 13.1 Å². The summed E-state index contributed by atoms with van der Waals surface area (Å²) in [6, 6.07) is 13.1. The molecular weight excluding hydrogens is 431 g/mol. The Morgan fingerprint density at radius 2 is 1.70 bits per heavy atom. The first-order chi connectivity index (χ1) is 10.9. The molecule has 2 rings (SSSR count). The van der Waals surface area contributed by atoms with Crippen molar-refractivity contribution in [3.8, 4) is 5.75 Å². The van der Waals surface area contributed by atoms with Crippen molar-refractivity contribution < 1.29 is 17.9 Å². The Hall–Kier alpha value is -1.65. The van der Waals surface area contributed by atoms with E-state index in [0.717, 1.165) is 3.57 Å². The number of anilines is 1. The van der Waals surface area contributed by atoms with Crippen LogP contribution in [0.3, 0.4) is 0 Å². The first-order valence-corrected chi connectivity index (χ1v) is 9.16. The number of methoxy groups -OCH3 is 1. The lowest BCUT2D eigenvalue weighted by Gasteiger charge is -2.08. The third-order valence-electron chi connectivity index (χ3n) is 2.92. The number of benzene rings is 2. The average molecular weight is 446 g/mol. The molecule has 0 saturated carbocycles. The smallest absolute Gasteiger partial charge is 0.241 e. The second-order valence-corrected chi connectivity index (χ2v) is 7.57. The molecular formula is C15H15IN2O4S. The van der Waals surface area contributed by atoms with Gasteiger partial charge in [-0.1, -0.05) is 0 Å². The summed E-state index contributed by atoms with van der Waals surface area (Å²) in [7, 11) is -2.25. The Labute approximate surface area is 148 Å². The number of hydrogen-bond acceptors (Lipinski definition) is 4. The third kappa shape index (κ3) is 5.19. The monoisotopic (exact) mass is 446 g/mol. The lowest BCUT2D eigenvalue weighted by atomic mass is 10.3. The standard InChI is InChI=1S/C15H15IN2O4S/c1-22-13-6-8-14(9-7-13)23(20,21)17-10-15(19)18-12-4-2-11(16)3-5-12/h2-9,17H,10H2,1H3,(H,18,19). The zero-order chi connectivity index (χ0) is 16.9. The molecule has 2 aromatic carbocycles. The molecule has 0 aliphatic heterocycles. The van der Waals surface area contributed by atoms with Gasteiger partial charge in [-0.15, -0.1) is 0 Å². The fraction of sp³-hybridized carbons (Fsp3) is 0.133. The highest BCUT2D eigenvalue weighted by atomic mass is 127. The van der Waals surface area contributed by atoms with E-state index in [-0.39, 0.29) is 11.4 Å². The molecule has 2 aromatic rings. The Kier molecular flexibility index (Phi) is 5.97. The van der Waals surface area contributed by atoms with Crippen molar-refractivity contribution in [2.45, 2.75) is 4.90 Å². The van der Waals surface area contributed by atoms with Crippen LogP contribution in [0.25, 0.3) is 0 Å². The number of sulfonamides is 1. The van der Waals surface area contributed by atoms with E-state index >= 15 is 0 Å². The molecule has 0 bridgehead atoms. The highest BCUT2D eigenvalue weighted by Crippen LogP contribution is 2.15. The summed E-state index contributed by atoms with van der Waals surface area (Å²) in [5.74, 6) is 0.115. The van der Waals surface area contributed by atoms with Crippen LogP contribution in [-0.2, 0) is 14.8 Å². The molecule has 0 radical (unpaired) electrons. The number of ether oxygens (including phenoxy) is 1. The van der Waals surface area contributed by atoms with E-state index in [0.29, 0.717) is 11.4 Å². The molecule has 6 nitrogen and oxygen atoms in total. The normalized spacial score (nSPS) is 11.0. The molecule has 0 fully saturated rings. The van der Waals surface area contributed by atoms with Gasteiger partial charge in [0.15, 0.2) is 0 Å². The Morgan fingerprint density at radius 1 is 1.09 bits per heavy atom. The summed E-state index contributed by atoms with van der Waals surface area (Å²) in [5, 5.41) is 2.62. The van der Waals surface area contributed by atoms with Crippen LogP contribution >= 0.6 is 22.6 Å². The summed E-state index contributed by atoms with van der Waals surface area (Å²) >= 11 is 2.16. The van der Waals surface area contributed by atoms with Crippen LogP contribution in [0.1, 0.15) is 0 Å². The van der Waals surface area contributed by atoms with Gasteiger partial charge in [0.1, 0.15) is 5.75 Å². The first kappa shape index (κ1) is 17.7. The molecule has 0 saturated heterocycles. The van der Waals surface area contributed by atoms with E-state index in [1.54, 1.807) is 24.3 Å². The molecule has 23 heavy (non-hydrogen) atoms. The van der Waals surface area contributed by atoms with E-state index < -0.39 is 15.9 Å². The third-order valence-corrected chi connectivity index (χ3v) is 5.06. The van der Waals surface area contributed by atoms with Crippen molar-refractivity contribution in [1.29, 1.82) is 0 Å². The van der Waals surface area contributed by atoms with Gasteiger partial charge in [0.25, 0.3) is 0 Å². The first-order valence-electron chi connectivity index (χ1n) is 6.60. The minimum Gasteiger partial charge on any atom is -0.497 e. The van der Waals surface area contributed by atoms with Crippen LogP contribution in [0, 0.1) is 3.57 Å². The average Bonchev–Trinajstić information content (AvgIpc) is 2.55. The van der Waals surface area contributed by atoms with Crippen molar-refractivity contribution in [1.82, 2.24) is 4.72 Å². The number of halogens is 1. The minimum absolute atomic E-state index is 0.0698. The van der Waals surface area contributed by atoms with Crippen LogP contribution in [0.2, 0.25) is 0 Å². The zero-order valence-electron chi connectivity index (χ0n) is 12.2. The SMILES string of the molecule is COc1ccc(S(=O)(=O)NCC(=O)Nc2ccc(I)cc2)cc1. The van der Waals surface area contributed by atoms with Gasteiger partial charge in [-0.05, 0) is 71.1 Å². The van der Waals surface area contributed by atoms with Crippen molar-refractivity contribution >= 4 is 44.2 Å². The molecule has 0 aromatic heterocycles. The van der Waals surface area contributed by atoms with Crippen LogP contribution in [0.15, 0.2) is 53.4 Å². The zero-order valence-corrected chi connectivity index (χ0v) is 15.2. The van der Waals surface area contributed by atoms with Gasteiger partial charge in [-0.2, -0.15) is 0 Å². The van der Waals surface area contributed by atoms with Crippen LogP contribution in [-0.4, -0.2) is 28.0 Å². The Morgan fingerprint density at radius 3 is 2.26 bits per heavy atom. The van der Waals surface area contributed by atoms with Crippen LogP contribution in [0.4, 0.5) is 5.69 Å². The van der Waals surface area contributed by atoms with Crippen molar-refractivity contribution in [3.63, 3.8) is 0 Å². The molecule has 122 valence electrons. The molecule has 1 amide bonds. The fourth-order valence-corrected chi connectivity index (χ4v) is 3.08. The number of hydrogen-bond donors (Lipinski definition) is 2. The molecule has 0 aliphatic rings. The number of amides is 1. The molecule has 0 aliphatic carbocycles. The van der Waals surface area contributed by atoms with Crippen LogP contribution in [0.5, 0.6) is 5.75 Å². The van der Waals surface area contributed by atoms with E-state index in [2.05, 4.69) is 32.6 Å². The predicted octanol–water partition coefficient (Wildman–Crippen LogP) is 2.22. The summed E-state index contributed by atoms with van der Waals surface area (Å²) < 4.78 is 32.5. The van der Waals surface area contributed by atoms with Gasteiger partial charge >= 0.3 is 0 Å². The Bertz CT molecular complexity index is 774. The maximum atomic E-state index is 12.1. The van der Waals surface area contributed by atoms with E-state index in [9.17, 15) is 13.2 Å². The largest absolute Gasteiger partial charge is 0.497 e. The van der Waals surface area contributed by atoms with Gasteiger partial charge < -0.3 is 10.1 Å². The summed E-state index contributed by atoms with van der Waals surface area (Å²) in [4.78, 5) is 11.9. The number of carbonyl (C=O) groups excluding carboxylic acids is 1. The number of rotatable bonds is 6. The lowest BCUT2D eigenvalue weighted by molar-refractivity contribution is -0.115. The van der Waals surface area contributed by atoms with E-state index in [1.807, 2.05) is 12.1 Å². The second-order valence-electron chi connectivity index (χ2n) is 4.56. The highest BCUT2D eigenvalue weighted by Gasteiger charge is 2.15. The molecule has 0 heterocycles. The number of nitrogens with one attached hydrogen (secondary N) is 2. The summed E-state index contributed by atoms with van der Waals surface area (Å²) in [6.07, 6.45) is 0. The maximum absolute atomic E-state index is 12.1. The molecule has 2 N–H and O–H groups in total. The summed E-state index contributed by atoms with van der Waals surface area (Å²) in [5.41, 5.74) is 0.610. The molecule has 0 atom stereocenters. The van der Waals surface area contributed by atoms with E-state index in [4.69, 9.17) is 4.74 Å². The minimum atomic E-state index is -3.75. The number of carbonyl (C=O) groups is 1. The van der Waals surface area contributed by atoms with Gasteiger partial charge in [0.2, 0.25) is 15.9 Å². The van der Waals surface area contributed by atoms with Crippen molar-refractivity contribution in [2.24, 2.45) is 0 Å². The fourth-order valence-electron chi connectivity index (χ4n) is 1.74.